The van der Waals surface area contributed by atoms with Gasteiger partial charge in [0.2, 0.25) is 0 Å². The first-order chi connectivity index (χ1) is 9.58. The van der Waals surface area contributed by atoms with Gasteiger partial charge in [0.15, 0.2) is 5.82 Å². The van der Waals surface area contributed by atoms with E-state index in [-0.39, 0.29) is 17.1 Å². The van der Waals surface area contributed by atoms with Gasteiger partial charge in [-0.25, -0.2) is 0 Å². The smallest absolute Gasteiger partial charge is 0.387 e. The van der Waals surface area contributed by atoms with Crippen molar-refractivity contribution in [2.45, 2.75) is 19.6 Å². The summed E-state index contributed by atoms with van der Waals surface area (Å²) in [6.45, 7) is -1.36. The maximum absolute atomic E-state index is 12.3. The number of tetrazole rings is 1. The number of carbonyl (C=O) groups is 1. The normalized spacial score (nSPS) is 12.2. The fraction of sp³-hybridized carbons (Fsp3) is 0.273. The molecule has 0 aliphatic heterocycles. The molecule has 0 saturated carbocycles. The molecule has 9 heteroatoms. The topological polar surface area (TPSA) is 92.8 Å². The van der Waals surface area contributed by atoms with Crippen LogP contribution in [0.3, 0.4) is 0 Å². The van der Waals surface area contributed by atoms with Gasteiger partial charge in [0, 0.05) is 0 Å². The maximum Gasteiger partial charge on any atom is 0.387 e. The molecule has 0 spiro atoms. The highest BCUT2D eigenvalue weighted by atomic mass is 19.3. The number of aromatic nitrogens is 4. The van der Waals surface area contributed by atoms with Gasteiger partial charge >= 0.3 is 6.61 Å². The Bertz CT molecular complexity index is 576. The average Bonchev–Trinajstić information content (AvgIpc) is 2.92. The number of aromatic amines is 1. The van der Waals surface area contributed by atoms with Crippen molar-refractivity contribution in [3.05, 3.63) is 35.7 Å². The van der Waals surface area contributed by atoms with E-state index in [0.717, 1.165) is 0 Å². The lowest BCUT2D eigenvalue weighted by Crippen LogP contribution is -2.28. The minimum atomic E-state index is -3.00. The summed E-state index contributed by atoms with van der Waals surface area (Å²) in [6.07, 6.45) is 0. The fourth-order valence-corrected chi connectivity index (χ4v) is 1.54. The van der Waals surface area contributed by atoms with Crippen molar-refractivity contribution in [1.29, 1.82) is 0 Å². The number of halogens is 2. The van der Waals surface area contributed by atoms with E-state index in [1.807, 2.05) is 0 Å². The second kappa shape index (κ2) is 6.04. The molecule has 106 valence electrons. The highest BCUT2D eigenvalue weighted by molar-refractivity contribution is 5.97. The first-order valence-electron chi connectivity index (χ1n) is 5.66. The lowest BCUT2D eigenvalue weighted by molar-refractivity contribution is -0.0501. The molecule has 0 aliphatic carbocycles. The third kappa shape index (κ3) is 3.25. The van der Waals surface area contributed by atoms with Crippen LogP contribution in [0.4, 0.5) is 8.78 Å². The summed E-state index contributed by atoms with van der Waals surface area (Å²) in [7, 11) is 0. The number of carbonyl (C=O) groups excluding carboxylic acids is 1. The molecule has 20 heavy (non-hydrogen) atoms. The van der Waals surface area contributed by atoms with Crippen molar-refractivity contribution in [2.24, 2.45) is 0 Å². The number of alkyl halides is 2. The van der Waals surface area contributed by atoms with Crippen LogP contribution in [-0.2, 0) is 0 Å². The Labute approximate surface area is 112 Å². The lowest BCUT2D eigenvalue weighted by atomic mass is 10.1. The molecule has 2 N–H and O–H groups in total. The molecule has 1 aromatic heterocycles. The van der Waals surface area contributed by atoms with Crippen LogP contribution in [-0.4, -0.2) is 33.1 Å². The van der Waals surface area contributed by atoms with Gasteiger partial charge in [-0.2, -0.15) is 14.0 Å². The van der Waals surface area contributed by atoms with Gasteiger partial charge in [-0.15, -0.1) is 10.2 Å². The summed E-state index contributed by atoms with van der Waals surface area (Å²) >= 11 is 0. The van der Waals surface area contributed by atoms with Crippen molar-refractivity contribution >= 4 is 5.91 Å². The Morgan fingerprint density at radius 2 is 2.15 bits per heavy atom. The van der Waals surface area contributed by atoms with E-state index in [4.69, 9.17) is 0 Å². The van der Waals surface area contributed by atoms with Gasteiger partial charge in [0.25, 0.3) is 5.91 Å². The van der Waals surface area contributed by atoms with E-state index >= 15 is 0 Å². The molecule has 0 bridgehead atoms. The number of benzene rings is 1. The van der Waals surface area contributed by atoms with Crippen LogP contribution in [0, 0.1) is 0 Å². The van der Waals surface area contributed by atoms with Crippen LogP contribution < -0.4 is 10.1 Å². The van der Waals surface area contributed by atoms with Gasteiger partial charge in [-0.1, -0.05) is 17.3 Å². The van der Waals surface area contributed by atoms with Gasteiger partial charge in [-0.05, 0) is 19.1 Å². The van der Waals surface area contributed by atoms with Crippen molar-refractivity contribution in [2.75, 3.05) is 0 Å². The fourth-order valence-electron chi connectivity index (χ4n) is 1.54. The number of hydrogen-bond acceptors (Lipinski definition) is 5. The van der Waals surface area contributed by atoms with Gasteiger partial charge < -0.3 is 10.1 Å². The highest BCUT2D eigenvalue weighted by Crippen LogP contribution is 2.20. The first-order valence-corrected chi connectivity index (χ1v) is 5.66. The Balaban J connectivity index is 2.13. The lowest BCUT2D eigenvalue weighted by Gasteiger charge is -2.13. The molecule has 7 nitrogen and oxygen atoms in total. The Morgan fingerprint density at radius 1 is 1.40 bits per heavy atom. The van der Waals surface area contributed by atoms with Crippen molar-refractivity contribution < 1.29 is 18.3 Å². The monoisotopic (exact) mass is 283 g/mol. The van der Waals surface area contributed by atoms with Gasteiger partial charge in [0.05, 0.1) is 11.6 Å². The molecule has 0 aliphatic rings. The first kappa shape index (κ1) is 13.8. The molecule has 2 rings (SSSR count). The van der Waals surface area contributed by atoms with Crippen LogP contribution in [0.2, 0.25) is 0 Å². The number of para-hydroxylation sites is 1. The highest BCUT2D eigenvalue weighted by Gasteiger charge is 2.19. The number of ether oxygens (including phenoxy) is 1. The van der Waals surface area contributed by atoms with Crippen molar-refractivity contribution in [1.82, 2.24) is 25.9 Å². The zero-order valence-electron chi connectivity index (χ0n) is 10.4. The molecule has 0 fully saturated rings. The summed E-state index contributed by atoms with van der Waals surface area (Å²) in [5.41, 5.74) is 0.00291. The predicted molar refractivity (Wildman–Crippen MR) is 63.1 cm³/mol. The molecule has 1 aromatic carbocycles. The number of H-pyrrole nitrogens is 1. The number of nitrogens with zero attached hydrogens (tertiary/aromatic N) is 3. The van der Waals surface area contributed by atoms with Gasteiger partial charge in [-0.3, -0.25) is 4.79 Å². The van der Waals surface area contributed by atoms with Crippen molar-refractivity contribution in [3.8, 4) is 5.75 Å². The number of amides is 1. The molecule has 0 saturated heterocycles. The second-order valence-corrected chi connectivity index (χ2v) is 3.84. The molecule has 2 aromatic rings. The van der Waals surface area contributed by atoms with E-state index in [2.05, 4.69) is 30.7 Å². The third-order valence-electron chi connectivity index (χ3n) is 2.44. The van der Waals surface area contributed by atoms with Crippen molar-refractivity contribution in [3.63, 3.8) is 0 Å². The molecule has 1 heterocycles. The maximum atomic E-state index is 12.3. The van der Waals surface area contributed by atoms with Crippen LogP contribution in [0.25, 0.3) is 0 Å². The SMILES string of the molecule is CC(NC(=O)c1ccccc1OC(F)F)c1nn[nH]n1. The number of hydrogen-bond donors (Lipinski definition) is 2. The summed E-state index contributed by atoms with van der Waals surface area (Å²) < 4.78 is 28.8. The standard InChI is InChI=1S/C11H11F2N5O2/c1-6(9-15-17-18-16-9)14-10(19)7-4-2-3-5-8(7)20-11(12)13/h2-6,11H,1H3,(H,14,19)(H,15,16,17,18). The average molecular weight is 283 g/mol. The molecule has 1 atom stereocenters. The second-order valence-electron chi connectivity index (χ2n) is 3.84. The zero-order valence-corrected chi connectivity index (χ0v) is 10.4. The summed E-state index contributed by atoms with van der Waals surface area (Å²) in [5.74, 6) is -0.482. The molecule has 0 radical (unpaired) electrons. The minimum Gasteiger partial charge on any atom is -0.434 e. The van der Waals surface area contributed by atoms with E-state index in [1.54, 1.807) is 13.0 Å². The third-order valence-corrected chi connectivity index (χ3v) is 2.44. The zero-order chi connectivity index (χ0) is 14.5. The summed E-state index contributed by atoms with van der Waals surface area (Å²) in [5, 5.41) is 15.6. The van der Waals surface area contributed by atoms with Crippen LogP contribution in [0.5, 0.6) is 5.75 Å². The van der Waals surface area contributed by atoms with E-state index in [9.17, 15) is 13.6 Å². The summed E-state index contributed by atoms with van der Waals surface area (Å²) in [4.78, 5) is 12.0. The van der Waals surface area contributed by atoms with E-state index in [1.165, 1.54) is 18.2 Å². The van der Waals surface area contributed by atoms with Crippen LogP contribution >= 0.6 is 0 Å². The summed E-state index contributed by atoms with van der Waals surface area (Å²) in [6, 6.07) is 5.19. The number of rotatable bonds is 5. The molecule has 1 amide bonds. The van der Waals surface area contributed by atoms with Gasteiger partial charge in [0.1, 0.15) is 5.75 Å². The van der Waals surface area contributed by atoms with E-state index < -0.39 is 18.6 Å². The van der Waals surface area contributed by atoms with E-state index in [0.29, 0.717) is 0 Å². The Morgan fingerprint density at radius 3 is 2.80 bits per heavy atom. The Kier molecular flexibility index (Phi) is 4.18. The van der Waals surface area contributed by atoms with Crippen LogP contribution in [0.15, 0.2) is 24.3 Å². The van der Waals surface area contributed by atoms with Crippen LogP contribution in [0.1, 0.15) is 29.1 Å². The minimum absolute atomic E-state index is 0.00291. The molecular weight excluding hydrogens is 272 g/mol. The molecular formula is C11H11F2N5O2. The Hall–Kier alpha value is -2.58. The predicted octanol–water partition coefficient (Wildman–Crippen LogP) is 1.29. The quantitative estimate of drug-likeness (QED) is 0.862. The number of nitrogens with one attached hydrogen (secondary N) is 2. The largest absolute Gasteiger partial charge is 0.434 e. The molecule has 1 unspecified atom stereocenters.